The minimum atomic E-state index is -0.597. The van der Waals surface area contributed by atoms with Gasteiger partial charge in [0.1, 0.15) is 5.82 Å². The molecule has 3 amide bonds. The number of carbonyl (C=O) groups excluding carboxylic acids is 3. The van der Waals surface area contributed by atoms with Crippen molar-refractivity contribution in [1.82, 2.24) is 20.0 Å². The third-order valence-electron chi connectivity index (χ3n) is 5.58. The van der Waals surface area contributed by atoms with Crippen LogP contribution in [0.2, 0.25) is 0 Å². The van der Waals surface area contributed by atoms with E-state index in [1.54, 1.807) is 18.2 Å². The van der Waals surface area contributed by atoms with Crippen LogP contribution >= 0.6 is 31.9 Å². The number of aromatic nitrogens is 2. The summed E-state index contributed by atoms with van der Waals surface area (Å²) in [6.45, 7) is 0. The molecule has 0 atom stereocenters. The monoisotopic (exact) mass is 594 g/mol. The third-order valence-corrected chi connectivity index (χ3v) is 6.64. The van der Waals surface area contributed by atoms with Crippen molar-refractivity contribution in [2.75, 3.05) is 0 Å². The number of benzene rings is 3. The molecular weight excluding hydrogens is 580 g/mol. The fourth-order valence-corrected chi connectivity index (χ4v) is 5.18. The van der Waals surface area contributed by atoms with Crippen molar-refractivity contribution in [3.63, 3.8) is 0 Å². The van der Waals surface area contributed by atoms with Crippen LogP contribution in [0.15, 0.2) is 80.5 Å². The van der Waals surface area contributed by atoms with Gasteiger partial charge in [-0.05, 0) is 52.3 Å². The van der Waals surface area contributed by atoms with Crippen molar-refractivity contribution in [1.29, 1.82) is 0 Å². The Hall–Kier alpha value is -3.63. The van der Waals surface area contributed by atoms with Crippen LogP contribution in [0.4, 0.5) is 0 Å². The predicted molar refractivity (Wildman–Crippen MR) is 137 cm³/mol. The Balaban J connectivity index is 1.60. The highest BCUT2D eigenvalue weighted by molar-refractivity contribution is 9.11. The summed E-state index contributed by atoms with van der Waals surface area (Å²) in [4.78, 5) is 54.7. The van der Waals surface area contributed by atoms with Crippen LogP contribution in [0.5, 0.6) is 0 Å². The predicted octanol–water partition coefficient (Wildman–Crippen LogP) is 4.37. The second-order valence-electron chi connectivity index (χ2n) is 7.84. The standard InChI is InChI=1S/C25H16Br2N4O4/c26-16-12-18-22(19(27)13-16)28-23(14-4-2-1-3-5-14)30(25(18)35)17-8-6-15(7-9-17)24(34)29-31-20(32)10-11-21(31)33/h1-9,12-13H,10-11H2,(H,29,34). The van der Waals surface area contributed by atoms with E-state index in [4.69, 9.17) is 4.98 Å². The van der Waals surface area contributed by atoms with Crippen LogP contribution in [0, 0.1) is 0 Å². The Morgan fingerprint density at radius 3 is 2.20 bits per heavy atom. The van der Waals surface area contributed by atoms with E-state index >= 15 is 0 Å². The molecule has 1 saturated heterocycles. The van der Waals surface area contributed by atoms with E-state index in [2.05, 4.69) is 37.3 Å². The van der Waals surface area contributed by atoms with Crippen molar-refractivity contribution >= 4 is 60.5 Å². The van der Waals surface area contributed by atoms with Gasteiger partial charge in [0.15, 0.2) is 0 Å². The van der Waals surface area contributed by atoms with Gasteiger partial charge in [0.25, 0.3) is 11.5 Å². The molecule has 2 heterocycles. The second-order valence-corrected chi connectivity index (χ2v) is 9.61. The molecular formula is C25H16Br2N4O4. The molecule has 5 rings (SSSR count). The van der Waals surface area contributed by atoms with E-state index in [1.165, 1.54) is 16.7 Å². The van der Waals surface area contributed by atoms with Crippen molar-refractivity contribution in [3.05, 3.63) is 91.6 Å². The molecule has 0 saturated carbocycles. The lowest BCUT2D eigenvalue weighted by atomic mass is 10.1. The van der Waals surface area contributed by atoms with Gasteiger partial charge in [-0.25, -0.2) is 4.98 Å². The van der Waals surface area contributed by atoms with E-state index in [-0.39, 0.29) is 24.0 Å². The number of halogens is 2. The van der Waals surface area contributed by atoms with Gasteiger partial charge < -0.3 is 0 Å². The molecule has 1 fully saturated rings. The first-order chi connectivity index (χ1) is 16.8. The lowest BCUT2D eigenvalue weighted by Crippen LogP contribution is -2.45. The summed E-state index contributed by atoms with van der Waals surface area (Å²) in [5.41, 5.74) is 4.08. The first kappa shape index (κ1) is 23.1. The average Bonchev–Trinajstić information content (AvgIpc) is 3.17. The number of rotatable bonds is 4. The minimum Gasteiger partial charge on any atom is -0.273 e. The summed E-state index contributed by atoms with van der Waals surface area (Å²) in [6, 6.07) is 19.2. The average molecular weight is 596 g/mol. The van der Waals surface area contributed by atoms with Gasteiger partial charge in [-0.2, -0.15) is 5.01 Å². The van der Waals surface area contributed by atoms with Crippen molar-refractivity contribution in [2.24, 2.45) is 0 Å². The molecule has 0 unspecified atom stereocenters. The second kappa shape index (κ2) is 9.20. The molecule has 1 aliphatic heterocycles. The van der Waals surface area contributed by atoms with E-state index < -0.39 is 17.7 Å². The van der Waals surface area contributed by atoms with Crippen LogP contribution in [0.1, 0.15) is 23.2 Å². The number of nitrogens with one attached hydrogen (secondary N) is 1. The minimum absolute atomic E-state index is 0.0738. The molecule has 0 spiro atoms. The Kier molecular flexibility index (Phi) is 6.08. The molecule has 174 valence electrons. The summed E-state index contributed by atoms with van der Waals surface area (Å²) < 4.78 is 2.90. The number of nitrogens with zero attached hydrogens (tertiary/aromatic N) is 3. The van der Waals surface area contributed by atoms with E-state index in [1.807, 2.05) is 36.4 Å². The highest BCUT2D eigenvalue weighted by Gasteiger charge is 2.30. The van der Waals surface area contributed by atoms with E-state index in [0.29, 0.717) is 26.9 Å². The Labute approximate surface area is 215 Å². The summed E-state index contributed by atoms with van der Waals surface area (Å²) in [5, 5.41) is 1.16. The van der Waals surface area contributed by atoms with Crippen molar-refractivity contribution in [2.45, 2.75) is 12.8 Å². The third kappa shape index (κ3) is 4.30. The molecule has 3 aromatic carbocycles. The molecule has 8 nitrogen and oxygen atoms in total. The largest absolute Gasteiger partial charge is 0.273 e. The normalized spacial score (nSPS) is 13.5. The zero-order valence-electron chi connectivity index (χ0n) is 18.0. The number of carbonyl (C=O) groups is 3. The number of hydrogen-bond donors (Lipinski definition) is 1. The smallest absolute Gasteiger partial charge is 0.270 e. The molecule has 4 aromatic rings. The number of imide groups is 1. The zero-order valence-corrected chi connectivity index (χ0v) is 21.2. The number of fused-ring (bicyclic) bond motifs is 1. The van der Waals surface area contributed by atoms with Crippen LogP contribution in [0.3, 0.4) is 0 Å². The lowest BCUT2D eigenvalue weighted by molar-refractivity contribution is -0.141. The van der Waals surface area contributed by atoms with Gasteiger partial charge in [0, 0.05) is 32.9 Å². The first-order valence-electron chi connectivity index (χ1n) is 10.6. The molecule has 0 bridgehead atoms. The van der Waals surface area contributed by atoms with Gasteiger partial charge >= 0.3 is 0 Å². The SMILES string of the molecule is O=C(NN1C(=O)CCC1=O)c1ccc(-n2c(-c3ccccc3)nc3c(Br)cc(Br)cc3c2=O)cc1. The highest BCUT2D eigenvalue weighted by atomic mass is 79.9. The lowest BCUT2D eigenvalue weighted by Gasteiger charge is -2.16. The maximum absolute atomic E-state index is 13.7. The molecule has 1 N–H and O–H groups in total. The van der Waals surface area contributed by atoms with E-state index in [0.717, 1.165) is 15.0 Å². The number of amides is 3. The van der Waals surface area contributed by atoms with Gasteiger partial charge in [-0.1, -0.05) is 46.3 Å². The Morgan fingerprint density at radius 2 is 1.54 bits per heavy atom. The number of hydrazine groups is 1. The van der Waals surface area contributed by atoms with Crippen LogP contribution in [-0.2, 0) is 9.59 Å². The fraction of sp³-hybridized carbons (Fsp3) is 0.0800. The topological polar surface area (TPSA) is 101 Å². The maximum atomic E-state index is 13.7. The molecule has 0 aliphatic carbocycles. The first-order valence-corrected chi connectivity index (χ1v) is 12.2. The number of hydrogen-bond acceptors (Lipinski definition) is 5. The molecule has 35 heavy (non-hydrogen) atoms. The van der Waals surface area contributed by atoms with E-state index in [9.17, 15) is 19.2 Å². The van der Waals surface area contributed by atoms with Crippen molar-refractivity contribution in [3.8, 4) is 17.1 Å². The molecule has 10 heteroatoms. The van der Waals surface area contributed by atoms with Gasteiger partial charge in [0.2, 0.25) is 11.8 Å². The maximum Gasteiger partial charge on any atom is 0.270 e. The summed E-state index contributed by atoms with van der Waals surface area (Å²) >= 11 is 6.93. The summed E-state index contributed by atoms with van der Waals surface area (Å²) in [6.07, 6.45) is 0.148. The van der Waals surface area contributed by atoms with Crippen molar-refractivity contribution < 1.29 is 14.4 Å². The van der Waals surface area contributed by atoms with Crippen LogP contribution in [-0.4, -0.2) is 32.3 Å². The zero-order chi connectivity index (χ0) is 24.7. The fourth-order valence-electron chi connectivity index (χ4n) is 3.86. The van der Waals surface area contributed by atoms with Gasteiger partial charge in [-0.3, -0.25) is 29.2 Å². The molecule has 0 radical (unpaired) electrons. The Morgan fingerprint density at radius 1 is 0.886 bits per heavy atom. The summed E-state index contributed by atoms with van der Waals surface area (Å²) in [7, 11) is 0. The Bertz CT molecular complexity index is 1550. The summed E-state index contributed by atoms with van der Waals surface area (Å²) in [5.74, 6) is -1.05. The van der Waals surface area contributed by atoms with Crippen LogP contribution < -0.4 is 11.0 Å². The quantitative estimate of drug-likeness (QED) is 0.353. The highest BCUT2D eigenvalue weighted by Crippen LogP contribution is 2.29. The van der Waals surface area contributed by atoms with Gasteiger partial charge in [-0.15, -0.1) is 0 Å². The van der Waals surface area contributed by atoms with Gasteiger partial charge in [0.05, 0.1) is 16.6 Å². The molecule has 1 aromatic heterocycles. The van der Waals surface area contributed by atoms with Crippen LogP contribution in [0.25, 0.3) is 28.0 Å². The molecule has 1 aliphatic rings.